The first kappa shape index (κ1) is 14.6. The van der Waals surface area contributed by atoms with E-state index in [1.54, 1.807) is 0 Å². The smallest absolute Gasteiger partial charge is 0.0357 e. The quantitative estimate of drug-likeness (QED) is 0.707. The third-order valence-corrected chi connectivity index (χ3v) is 2.49. The molecule has 0 saturated carbocycles. The number of hydrogen-bond acceptors (Lipinski definition) is 1. The summed E-state index contributed by atoms with van der Waals surface area (Å²) in [6, 6.07) is 10.4. The molecule has 0 spiro atoms. The van der Waals surface area contributed by atoms with Crippen molar-refractivity contribution in [3.05, 3.63) is 53.7 Å². The molecule has 0 fully saturated rings. The van der Waals surface area contributed by atoms with Gasteiger partial charge in [0.1, 0.15) is 0 Å². The zero-order valence-electron chi connectivity index (χ0n) is 12.1. The second kappa shape index (κ2) is 7.75. The summed E-state index contributed by atoms with van der Waals surface area (Å²) in [6.07, 6.45) is 6.67. The summed E-state index contributed by atoms with van der Waals surface area (Å²) in [6.45, 7) is 10.9. The first-order valence-electron chi connectivity index (χ1n) is 6.68. The molecular formula is C17H25N. The Morgan fingerprint density at radius 1 is 1.17 bits per heavy atom. The van der Waals surface area contributed by atoms with E-state index in [9.17, 15) is 0 Å². The van der Waals surface area contributed by atoms with Gasteiger partial charge in [-0.3, -0.25) is 0 Å². The number of rotatable bonds is 6. The fourth-order valence-corrected chi connectivity index (χ4v) is 1.90. The van der Waals surface area contributed by atoms with Crippen LogP contribution in [-0.4, -0.2) is 18.0 Å². The van der Waals surface area contributed by atoms with E-state index in [2.05, 4.69) is 75.2 Å². The summed E-state index contributed by atoms with van der Waals surface area (Å²) in [5.74, 6) is 0.686. The minimum absolute atomic E-state index is 0.686. The largest absolute Gasteiger partial charge is 0.373 e. The van der Waals surface area contributed by atoms with Crippen LogP contribution in [0.3, 0.4) is 0 Å². The minimum Gasteiger partial charge on any atom is -0.373 e. The Hall–Kier alpha value is -1.50. The average molecular weight is 243 g/mol. The molecule has 0 N–H and O–H groups in total. The molecule has 0 saturated heterocycles. The fraction of sp³-hybridized carbons (Fsp3) is 0.412. The highest BCUT2D eigenvalue weighted by atomic mass is 15.1. The van der Waals surface area contributed by atoms with E-state index >= 15 is 0 Å². The molecule has 0 aliphatic rings. The molecule has 0 heterocycles. The third kappa shape index (κ3) is 6.29. The van der Waals surface area contributed by atoms with Crippen molar-refractivity contribution in [3.8, 4) is 0 Å². The Kier molecular flexibility index (Phi) is 6.27. The van der Waals surface area contributed by atoms with E-state index in [0.717, 1.165) is 13.1 Å². The zero-order chi connectivity index (χ0) is 13.4. The predicted octanol–water partition coefficient (Wildman–Crippen LogP) is 4.58. The number of nitrogens with zero attached hydrogens (tertiary/aromatic N) is 1. The zero-order valence-corrected chi connectivity index (χ0v) is 12.1. The van der Waals surface area contributed by atoms with Gasteiger partial charge in [-0.05, 0) is 31.5 Å². The molecule has 1 nitrogen and oxygen atoms in total. The van der Waals surface area contributed by atoms with Crippen LogP contribution in [0.4, 0.5) is 0 Å². The summed E-state index contributed by atoms with van der Waals surface area (Å²) in [4.78, 5) is 2.37. The molecule has 18 heavy (non-hydrogen) atoms. The van der Waals surface area contributed by atoms with Crippen molar-refractivity contribution in [1.82, 2.24) is 4.90 Å². The summed E-state index contributed by atoms with van der Waals surface area (Å²) >= 11 is 0. The van der Waals surface area contributed by atoms with Gasteiger partial charge in [-0.2, -0.15) is 0 Å². The van der Waals surface area contributed by atoms with Crippen molar-refractivity contribution in [1.29, 1.82) is 0 Å². The molecular weight excluding hydrogens is 218 g/mol. The summed E-state index contributed by atoms with van der Waals surface area (Å²) in [5.41, 5.74) is 2.61. The lowest BCUT2D eigenvalue weighted by atomic mass is 10.2. The topological polar surface area (TPSA) is 3.24 Å². The van der Waals surface area contributed by atoms with Gasteiger partial charge >= 0.3 is 0 Å². The maximum Gasteiger partial charge on any atom is 0.0357 e. The van der Waals surface area contributed by atoms with Gasteiger partial charge in [0.15, 0.2) is 0 Å². The summed E-state index contributed by atoms with van der Waals surface area (Å²) in [7, 11) is 0. The van der Waals surface area contributed by atoms with Gasteiger partial charge < -0.3 is 4.90 Å². The van der Waals surface area contributed by atoms with E-state index < -0.39 is 0 Å². The third-order valence-electron chi connectivity index (χ3n) is 2.49. The van der Waals surface area contributed by atoms with Gasteiger partial charge in [0, 0.05) is 13.1 Å². The molecule has 0 aromatic heterocycles. The van der Waals surface area contributed by atoms with Crippen LogP contribution in [0.5, 0.6) is 0 Å². The number of allylic oxidation sites excluding steroid dienone is 1. The van der Waals surface area contributed by atoms with Gasteiger partial charge in [-0.15, -0.1) is 0 Å². The molecule has 98 valence electrons. The van der Waals surface area contributed by atoms with Crippen molar-refractivity contribution in [3.63, 3.8) is 0 Å². The molecule has 1 rings (SSSR count). The van der Waals surface area contributed by atoms with Gasteiger partial charge in [0.25, 0.3) is 0 Å². The molecule has 1 aromatic rings. The van der Waals surface area contributed by atoms with Crippen LogP contribution in [0.2, 0.25) is 0 Å². The Morgan fingerprint density at radius 2 is 1.83 bits per heavy atom. The summed E-state index contributed by atoms with van der Waals surface area (Å²) < 4.78 is 0. The number of hydrogen-bond donors (Lipinski definition) is 0. The van der Waals surface area contributed by atoms with E-state index in [1.165, 1.54) is 11.1 Å². The van der Waals surface area contributed by atoms with Crippen molar-refractivity contribution < 1.29 is 0 Å². The molecule has 1 heteroatoms. The van der Waals surface area contributed by atoms with Gasteiger partial charge in [0.2, 0.25) is 0 Å². The fourth-order valence-electron chi connectivity index (χ4n) is 1.90. The van der Waals surface area contributed by atoms with E-state index in [-0.39, 0.29) is 0 Å². The van der Waals surface area contributed by atoms with Crippen LogP contribution >= 0.6 is 0 Å². The van der Waals surface area contributed by atoms with E-state index in [0.29, 0.717) is 5.92 Å². The monoisotopic (exact) mass is 243 g/mol. The maximum absolute atomic E-state index is 2.37. The lowest BCUT2D eigenvalue weighted by Gasteiger charge is -2.21. The molecule has 0 aliphatic heterocycles. The van der Waals surface area contributed by atoms with Crippen molar-refractivity contribution in [2.24, 2.45) is 5.92 Å². The van der Waals surface area contributed by atoms with Gasteiger partial charge in [-0.1, -0.05) is 61.9 Å². The van der Waals surface area contributed by atoms with Crippen LogP contribution in [0.1, 0.15) is 33.3 Å². The Labute approximate surface area is 112 Å². The molecule has 1 aromatic carbocycles. The number of benzene rings is 1. The molecule has 0 radical (unpaired) electrons. The summed E-state index contributed by atoms with van der Waals surface area (Å²) in [5, 5.41) is 0. The lowest BCUT2D eigenvalue weighted by Crippen LogP contribution is -2.22. The molecule has 0 amide bonds. The predicted molar refractivity (Wildman–Crippen MR) is 81.3 cm³/mol. The Morgan fingerprint density at radius 3 is 2.39 bits per heavy atom. The lowest BCUT2D eigenvalue weighted by molar-refractivity contribution is 0.358. The average Bonchev–Trinajstić information content (AvgIpc) is 2.28. The second-order valence-corrected chi connectivity index (χ2v) is 5.37. The molecule has 0 aliphatic carbocycles. The van der Waals surface area contributed by atoms with Gasteiger partial charge in [0.05, 0.1) is 0 Å². The first-order valence-corrected chi connectivity index (χ1v) is 6.68. The van der Waals surface area contributed by atoms with Crippen LogP contribution in [0.15, 0.2) is 48.2 Å². The Bertz CT molecular complexity index is 383. The minimum atomic E-state index is 0.686. The first-order chi connectivity index (χ1) is 8.58. The van der Waals surface area contributed by atoms with E-state index in [1.807, 2.05) is 6.07 Å². The highest BCUT2D eigenvalue weighted by molar-refractivity contribution is 5.48. The van der Waals surface area contributed by atoms with Crippen LogP contribution < -0.4 is 0 Å². The molecule has 0 atom stereocenters. The standard InChI is InChI=1S/C17H25N/c1-15(2)13-18(14-16(3)4)12-8-11-17-9-6-5-7-10-17/h5-11,13,16H,12,14H2,1-4H3/b11-8+. The maximum atomic E-state index is 2.37. The second-order valence-electron chi connectivity index (χ2n) is 5.37. The SMILES string of the molecule is CC(C)=CN(C/C=C/c1ccccc1)CC(C)C. The van der Waals surface area contributed by atoms with Crippen molar-refractivity contribution in [2.75, 3.05) is 13.1 Å². The van der Waals surface area contributed by atoms with Crippen molar-refractivity contribution >= 4 is 6.08 Å². The van der Waals surface area contributed by atoms with Crippen LogP contribution in [0, 0.1) is 5.92 Å². The normalized spacial score (nSPS) is 10.9. The van der Waals surface area contributed by atoms with Crippen molar-refractivity contribution in [2.45, 2.75) is 27.7 Å². The Balaban J connectivity index is 2.56. The van der Waals surface area contributed by atoms with E-state index in [4.69, 9.17) is 0 Å². The highest BCUT2D eigenvalue weighted by Gasteiger charge is 2.00. The van der Waals surface area contributed by atoms with Crippen LogP contribution in [-0.2, 0) is 0 Å². The highest BCUT2D eigenvalue weighted by Crippen LogP contribution is 2.05. The molecule has 0 unspecified atom stereocenters. The van der Waals surface area contributed by atoms with Crippen LogP contribution in [0.25, 0.3) is 6.08 Å². The molecule has 0 bridgehead atoms. The van der Waals surface area contributed by atoms with Gasteiger partial charge in [-0.25, -0.2) is 0 Å².